The third kappa shape index (κ3) is 4.05. The lowest BCUT2D eigenvalue weighted by atomic mass is 9.96. The highest BCUT2D eigenvalue weighted by Crippen LogP contribution is 2.28. The van der Waals surface area contributed by atoms with Gasteiger partial charge < -0.3 is 9.64 Å². The highest BCUT2D eigenvalue weighted by molar-refractivity contribution is 7.99. The second-order valence-electron chi connectivity index (χ2n) is 7.11. The Bertz CT molecular complexity index is 792. The fourth-order valence-corrected chi connectivity index (χ4v) is 4.95. The van der Waals surface area contributed by atoms with Crippen LogP contribution in [0.15, 0.2) is 9.95 Å². The highest BCUT2D eigenvalue weighted by Gasteiger charge is 2.35. The minimum absolute atomic E-state index is 0.0210. The van der Waals surface area contributed by atoms with E-state index in [0.29, 0.717) is 49.1 Å². The van der Waals surface area contributed by atoms with Crippen LogP contribution in [0.4, 0.5) is 0 Å². The molecule has 1 aromatic heterocycles. The number of amides is 1. The summed E-state index contributed by atoms with van der Waals surface area (Å²) in [6.07, 6.45) is 2.19. The zero-order valence-corrected chi connectivity index (χ0v) is 17.0. The van der Waals surface area contributed by atoms with Gasteiger partial charge in [-0.3, -0.25) is 19.0 Å². The lowest BCUT2D eigenvalue weighted by Crippen LogP contribution is -2.48. The van der Waals surface area contributed by atoms with Crippen LogP contribution in [0.25, 0.3) is 0 Å². The fraction of sp³-hybridized carbons (Fsp3) is 0.684. The summed E-state index contributed by atoms with van der Waals surface area (Å²) in [7, 11) is 0. The molecule has 27 heavy (non-hydrogen) atoms. The average Bonchev–Trinajstić information content (AvgIpc) is 2.68. The van der Waals surface area contributed by atoms with Gasteiger partial charge in [0.15, 0.2) is 5.16 Å². The molecule has 2 aliphatic heterocycles. The summed E-state index contributed by atoms with van der Waals surface area (Å²) in [5.74, 6) is -0.105. The first kappa shape index (κ1) is 19.9. The van der Waals surface area contributed by atoms with Gasteiger partial charge in [-0.1, -0.05) is 18.7 Å². The Balaban J connectivity index is 1.74. The summed E-state index contributed by atoms with van der Waals surface area (Å²) >= 11 is 1.46. The Morgan fingerprint density at radius 1 is 1.26 bits per heavy atom. The van der Waals surface area contributed by atoms with Gasteiger partial charge in [-0.25, -0.2) is 4.98 Å². The van der Waals surface area contributed by atoms with Crippen molar-refractivity contribution < 1.29 is 14.3 Å². The first-order valence-electron chi connectivity index (χ1n) is 9.64. The molecule has 2 unspecified atom stereocenters. The number of carbonyl (C=O) groups excluding carboxylic acids is 2. The van der Waals surface area contributed by atoms with Crippen LogP contribution in [0.5, 0.6) is 0 Å². The summed E-state index contributed by atoms with van der Waals surface area (Å²) in [6, 6.07) is 0. The predicted molar refractivity (Wildman–Crippen MR) is 103 cm³/mol. The van der Waals surface area contributed by atoms with Crippen molar-refractivity contribution in [3.63, 3.8) is 0 Å². The summed E-state index contributed by atoms with van der Waals surface area (Å²) in [6.45, 7) is 7.38. The quantitative estimate of drug-likeness (QED) is 0.571. The molecule has 0 N–H and O–H groups in total. The van der Waals surface area contributed by atoms with E-state index in [1.54, 1.807) is 16.4 Å². The lowest BCUT2D eigenvalue weighted by molar-refractivity contribution is -0.151. The summed E-state index contributed by atoms with van der Waals surface area (Å²) < 4.78 is 6.77. The standard InChI is InChI=1S/C19H27N3O4S/c1-4-15-12(3)20-19-22(17(15)24)10-14(11-27-19)16(23)21-8-6-7-13(9-21)18(25)26-5-2/h13-14H,4-11H2,1-3H3. The highest BCUT2D eigenvalue weighted by atomic mass is 32.2. The monoisotopic (exact) mass is 393 g/mol. The molecule has 0 radical (unpaired) electrons. The summed E-state index contributed by atoms with van der Waals surface area (Å²) in [5.41, 5.74) is 1.46. The van der Waals surface area contributed by atoms with E-state index in [2.05, 4.69) is 4.98 Å². The predicted octanol–water partition coefficient (Wildman–Crippen LogP) is 1.64. The van der Waals surface area contributed by atoms with E-state index in [9.17, 15) is 14.4 Å². The van der Waals surface area contributed by atoms with Crippen molar-refractivity contribution in [3.8, 4) is 0 Å². The van der Waals surface area contributed by atoms with Crippen molar-refractivity contribution in [2.75, 3.05) is 25.4 Å². The van der Waals surface area contributed by atoms with E-state index in [1.807, 2.05) is 13.8 Å². The van der Waals surface area contributed by atoms with Gasteiger partial charge in [-0.15, -0.1) is 0 Å². The van der Waals surface area contributed by atoms with Crippen LogP contribution in [0.3, 0.4) is 0 Å². The molecule has 0 spiro atoms. The smallest absolute Gasteiger partial charge is 0.310 e. The van der Waals surface area contributed by atoms with Crippen LogP contribution in [0.2, 0.25) is 0 Å². The van der Waals surface area contributed by atoms with Crippen LogP contribution in [-0.4, -0.2) is 51.8 Å². The van der Waals surface area contributed by atoms with Gasteiger partial charge in [0.2, 0.25) is 5.91 Å². The van der Waals surface area contributed by atoms with Crippen molar-refractivity contribution in [1.29, 1.82) is 0 Å². The first-order chi connectivity index (χ1) is 13.0. The molecule has 7 nitrogen and oxygen atoms in total. The van der Waals surface area contributed by atoms with E-state index in [0.717, 1.165) is 18.5 Å². The van der Waals surface area contributed by atoms with Gasteiger partial charge in [0, 0.05) is 36.6 Å². The van der Waals surface area contributed by atoms with Crippen LogP contribution in [0, 0.1) is 18.8 Å². The van der Waals surface area contributed by atoms with Gasteiger partial charge in [0.05, 0.1) is 18.4 Å². The fourth-order valence-electron chi connectivity index (χ4n) is 3.84. The molecule has 0 aliphatic carbocycles. The Labute approximate surface area is 163 Å². The molecule has 2 atom stereocenters. The molecule has 3 rings (SSSR count). The molecule has 1 saturated heterocycles. The third-order valence-electron chi connectivity index (χ3n) is 5.31. The molecule has 3 heterocycles. The zero-order valence-electron chi connectivity index (χ0n) is 16.2. The number of ether oxygens (including phenoxy) is 1. The number of fused-ring (bicyclic) bond motifs is 1. The van der Waals surface area contributed by atoms with Gasteiger partial charge in [-0.05, 0) is 33.1 Å². The zero-order chi connectivity index (χ0) is 19.6. The first-order valence-corrected chi connectivity index (χ1v) is 10.6. The molecule has 2 aliphatic rings. The topological polar surface area (TPSA) is 81.5 Å². The van der Waals surface area contributed by atoms with E-state index in [-0.39, 0.29) is 29.3 Å². The minimum atomic E-state index is -0.268. The average molecular weight is 394 g/mol. The number of carbonyl (C=O) groups is 2. The largest absolute Gasteiger partial charge is 0.466 e. The second-order valence-corrected chi connectivity index (χ2v) is 8.10. The van der Waals surface area contributed by atoms with E-state index < -0.39 is 0 Å². The maximum atomic E-state index is 13.0. The number of aromatic nitrogens is 2. The van der Waals surface area contributed by atoms with Crippen molar-refractivity contribution in [2.45, 2.75) is 51.7 Å². The van der Waals surface area contributed by atoms with E-state index >= 15 is 0 Å². The number of hydrogen-bond donors (Lipinski definition) is 0. The molecule has 1 fully saturated rings. The van der Waals surface area contributed by atoms with Crippen molar-refractivity contribution in [1.82, 2.24) is 14.5 Å². The number of likely N-dealkylation sites (tertiary alicyclic amines) is 1. The number of piperidine rings is 1. The van der Waals surface area contributed by atoms with Crippen LogP contribution < -0.4 is 5.56 Å². The van der Waals surface area contributed by atoms with Crippen molar-refractivity contribution >= 4 is 23.6 Å². The van der Waals surface area contributed by atoms with Gasteiger partial charge in [-0.2, -0.15) is 0 Å². The Kier molecular flexibility index (Phi) is 6.24. The van der Waals surface area contributed by atoms with E-state index in [1.165, 1.54) is 11.8 Å². The Morgan fingerprint density at radius 3 is 2.74 bits per heavy atom. The molecule has 148 valence electrons. The molecule has 1 aromatic rings. The van der Waals surface area contributed by atoms with Gasteiger partial charge in [0.25, 0.3) is 5.56 Å². The molecule has 0 saturated carbocycles. The number of nitrogens with zero attached hydrogens (tertiary/aromatic N) is 3. The molecular weight excluding hydrogens is 366 g/mol. The van der Waals surface area contributed by atoms with Crippen LogP contribution in [-0.2, 0) is 27.3 Å². The lowest BCUT2D eigenvalue weighted by Gasteiger charge is -2.35. The molecule has 0 aromatic carbocycles. The SMILES string of the molecule is CCOC(=O)C1CCCN(C(=O)C2CSc3nc(C)c(CC)c(=O)n3C2)C1. The number of hydrogen-bond acceptors (Lipinski definition) is 6. The number of rotatable bonds is 4. The maximum Gasteiger partial charge on any atom is 0.310 e. The van der Waals surface area contributed by atoms with Gasteiger partial charge >= 0.3 is 5.97 Å². The van der Waals surface area contributed by atoms with Crippen molar-refractivity contribution in [2.24, 2.45) is 11.8 Å². The molecule has 8 heteroatoms. The number of esters is 1. The van der Waals surface area contributed by atoms with Gasteiger partial charge in [0.1, 0.15) is 0 Å². The maximum absolute atomic E-state index is 13.0. The number of aryl methyl sites for hydroxylation is 1. The normalized spacial score (nSPS) is 22.3. The second kappa shape index (κ2) is 8.46. The minimum Gasteiger partial charge on any atom is -0.466 e. The van der Waals surface area contributed by atoms with Crippen molar-refractivity contribution in [3.05, 3.63) is 21.6 Å². The Morgan fingerprint density at radius 2 is 2.04 bits per heavy atom. The summed E-state index contributed by atoms with van der Waals surface area (Å²) in [4.78, 5) is 44.1. The van der Waals surface area contributed by atoms with Crippen LogP contribution in [0.1, 0.15) is 37.9 Å². The van der Waals surface area contributed by atoms with Crippen LogP contribution >= 0.6 is 11.8 Å². The van der Waals surface area contributed by atoms with E-state index in [4.69, 9.17) is 4.74 Å². The Hall–Kier alpha value is -1.83. The third-order valence-corrected chi connectivity index (χ3v) is 6.45. The molecular formula is C19H27N3O4S. The summed E-state index contributed by atoms with van der Waals surface area (Å²) in [5, 5.41) is 0.696. The molecule has 1 amide bonds. The molecule has 0 bridgehead atoms. The number of thioether (sulfide) groups is 1.